The first-order chi connectivity index (χ1) is 9.38. The second kappa shape index (κ2) is 5.54. The van der Waals surface area contributed by atoms with Gasteiger partial charge in [-0.15, -0.1) is 0 Å². The lowest BCUT2D eigenvalue weighted by Crippen LogP contribution is -2.50. The Morgan fingerprint density at radius 2 is 2.25 bits per heavy atom. The van der Waals surface area contributed by atoms with Gasteiger partial charge in [-0.2, -0.15) is 0 Å². The van der Waals surface area contributed by atoms with E-state index in [1.807, 2.05) is 4.90 Å². The molecule has 7 heteroatoms. The van der Waals surface area contributed by atoms with Crippen LogP contribution in [0.3, 0.4) is 0 Å². The molecule has 1 aliphatic heterocycles. The zero-order valence-corrected chi connectivity index (χ0v) is 11.0. The fourth-order valence-electron chi connectivity index (χ4n) is 2.36. The Morgan fingerprint density at radius 3 is 2.80 bits per heavy atom. The molecule has 0 aliphatic carbocycles. The Balaban J connectivity index is 2.01. The largest absolute Gasteiger partial charge is 0.481 e. The number of nitro benzene ring substituents is 1. The van der Waals surface area contributed by atoms with Crippen LogP contribution in [0.2, 0.25) is 0 Å². The highest BCUT2D eigenvalue weighted by molar-refractivity contribution is 5.70. The van der Waals surface area contributed by atoms with Crippen molar-refractivity contribution < 1.29 is 19.2 Å². The number of likely N-dealkylation sites (tertiary alicyclic amines) is 1. The molecule has 108 valence electrons. The van der Waals surface area contributed by atoms with Crippen molar-refractivity contribution in [1.82, 2.24) is 4.90 Å². The average molecular weight is 282 g/mol. The van der Waals surface area contributed by atoms with E-state index in [9.17, 15) is 19.3 Å². The molecule has 0 saturated carbocycles. The molecular formula is C13H15FN2O4. The minimum Gasteiger partial charge on any atom is -0.481 e. The number of rotatable bonds is 5. The maximum atomic E-state index is 13.2. The van der Waals surface area contributed by atoms with Gasteiger partial charge in [-0.05, 0) is 18.1 Å². The summed E-state index contributed by atoms with van der Waals surface area (Å²) in [6.07, 6.45) is 0. The van der Waals surface area contributed by atoms with E-state index >= 15 is 0 Å². The van der Waals surface area contributed by atoms with Gasteiger partial charge in [0, 0.05) is 31.3 Å². The molecule has 0 aromatic heterocycles. The Hall–Kier alpha value is -2.02. The zero-order valence-electron chi connectivity index (χ0n) is 11.0. The molecule has 1 aromatic rings. The van der Waals surface area contributed by atoms with E-state index in [1.165, 1.54) is 0 Å². The van der Waals surface area contributed by atoms with Crippen LogP contribution in [-0.4, -0.2) is 34.0 Å². The summed E-state index contributed by atoms with van der Waals surface area (Å²) in [6.45, 7) is 3.02. The molecule has 1 aromatic carbocycles. The molecule has 1 unspecified atom stereocenters. The third-order valence-corrected chi connectivity index (χ3v) is 3.71. The first kappa shape index (κ1) is 14.4. The zero-order chi connectivity index (χ0) is 14.9. The number of carboxylic acids is 1. The van der Waals surface area contributed by atoms with Gasteiger partial charge < -0.3 is 5.11 Å². The van der Waals surface area contributed by atoms with E-state index in [1.54, 1.807) is 6.92 Å². The van der Waals surface area contributed by atoms with Crippen LogP contribution in [0.15, 0.2) is 18.2 Å². The third kappa shape index (κ3) is 2.93. The van der Waals surface area contributed by atoms with Gasteiger partial charge in [0.2, 0.25) is 0 Å². The van der Waals surface area contributed by atoms with Gasteiger partial charge in [-0.1, -0.05) is 6.92 Å². The minimum atomic E-state index is -0.841. The van der Waals surface area contributed by atoms with Crippen molar-refractivity contribution in [2.75, 3.05) is 13.1 Å². The van der Waals surface area contributed by atoms with Crippen LogP contribution in [0.5, 0.6) is 0 Å². The highest BCUT2D eigenvalue weighted by atomic mass is 19.1. The van der Waals surface area contributed by atoms with Crippen LogP contribution in [0.4, 0.5) is 10.1 Å². The summed E-state index contributed by atoms with van der Waals surface area (Å²) in [4.78, 5) is 23.0. The molecule has 0 bridgehead atoms. The lowest BCUT2D eigenvalue weighted by molar-refractivity contribution is -0.385. The second-order valence-corrected chi connectivity index (χ2v) is 5.11. The highest BCUT2D eigenvalue weighted by Crippen LogP contribution is 2.28. The Morgan fingerprint density at radius 1 is 1.60 bits per heavy atom. The van der Waals surface area contributed by atoms with Crippen LogP contribution < -0.4 is 0 Å². The van der Waals surface area contributed by atoms with E-state index in [0.29, 0.717) is 18.7 Å². The molecule has 1 aliphatic rings. The molecule has 20 heavy (non-hydrogen) atoms. The van der Waals surface area contributed by atoms with E-state index in [4.69, 9.17) is 5.11 Å². The van der Waals surface area contributed by atoms with Gasteiger partial charge in [-0.3, -0.25) is 19.8 Å². The first-order valence-electron chi connectivity index (χ1n) is 6.26. The molecule has 1 heterocycles. The van der Waals surface area contributed by atoms with Crippen LogP contribution in [0.25, 0.3) is 0 Å². The predicted octanol–water partition coefficient (Wildman–Crippen LogP) is 1.89. The average Bonchev–Trinajstić information content (AvgIpc) is 2.32. The van der Waals surface area contributed by atoms with E-state index in [-0.39, 0.29) is 18.2 Å². The number of carboxylic acid groups (broad SMARTS) is 1. The summed E-state index contributed by atoms with van der Waals surface area (Å²) < 4.78 is 13.2. The standard InChI is InChI=1S/C13H15FN2O4/c1-8(13(17)18)10-6-15(7-10)5-9-4-11(14)2-3-12(9)16(19)20/h2-4,8,10H,5-7H2,1H3,(H,17,18). The fraction of sp³-hybridized carbons (Fsp3) is 0.462. The van der Waals surface area contributed by atoms with Crippen molar-refractivity contribution in [2.45, 2.75) is 13.5 Å². The van der Waals surface area contributed by atoms with Crippen molar-refractivity contribution in [3.8, 4) is 0 Å². The summed E-state index contributed by atoms with van der Waals surface area (Å²) in [5, 5.41) is 19.8. The number of nitrogens with zero attached hydrogens (tertiary/aromatic N) is 2. The van der Waals surface area contributed by atoms with Crippen molar-refractivity contribution >= 4 is 11.7 Å². The maximum absolute atomic E-state index is 13.2. The highest BCUT2D eigenvalue weighted by Gasteiger charge is 2.35. The van der Waals surface area contributed by atoms with Crippen molar-refractivity contribution in [3.63, 3.8) is 0 Å². The third-order valence-electron chi connectivity index (χ3n) is 3.71. The Bertz CT molecular complexity index is 543. The number of hydrogen-bond donors (Lipinski definition) is 1. The normalized spacial score (nSPS) is 17.5. The predicted molar refractivity (Wildman–Crippen MR) is 68.6 cm³/mol. The van der Waals surface area contributed by atoms with Crippen LogP contribution >= 0.6 is 0 Å². The maximum Gasteiger partial charge on any atom is 0.306 e. The Labute approximate surface area is 115 Å². The summed E-state index contributed by atoms with van der Waals surface area (Å²) in [5.74, 6) is -1.75. The number of nitro groups is 1. The van der Waals surface area contributed by atoms with Gasteiger partial charge in [0.15, 0.2) is 0 Å². The minimum absolute atomic E-state index is 0.0418. The van der Waals surface area contributed by atoms with E-state index in [2.05, 4.69) is 0 Å². The van der Waals surface area contributed by atoms with Gasteiger partial charge in [0.05, 0.1) is 10.8 Å². The van der Waals surface area contributed by atoms with E-state index < -0.39 is 22.6 Å². The monoisotopic (exact) mass is 282 g/mol. The lowest BCUT2D eigenvalue weighted by Gasteiger charge is -2.41. The summed E-state index contributed by atoms with van der Waals surface area (Å²) >= 11 is 0. The first-order valence-corrected chi connectivity index (χ1v) is 6.26. The van der Waals surface area contributed by atoms with Crippen LogP contribution in [0.1, 0.15) is 12.5 Å². The number of aliphatic carboxylic acids is 1. The number of benzene rings is 1. The van der Waals surface area contributed by atoms with Gasteiger partial charge in [0.1, 0.15) is 5.82 Å². The number of carbonyl (C=O) groups is 1. The van der Waals surface area contributed by atoms with Crippen LogP contribution in [0, 0.1) is 27.8 Å². The van der Waals surface area contributed by atoms with Crippen molar-refractivity contribution in [2.24, 2.45) is 11.8 Å². The summed E-state index contributed by atoms with van der Waals surface area (Å²) in [5.41, 5.74) is 0.206. The molecule has 1 fully saturated rings. The van der Waals surface area contributed by atoms with Gasteiger partial charge >= 0.3 is 5.97 Å². The lowest BCUT2D eigenvalue weighted by atomic mass is 9.87. The molecule has 0 amide bonds. The molecular weight excluding hydrogens is 267 g/mol. The Kier molecular flexibility index (Phi) is 3.99. The quantitative estimate of drug-likeness (QED) is 0.658. The summed E-state index contributed by atoms with van der Waals surface area (Å²) in [6, 6.07) is 3.38. The van der Waals surface area contributed by atoms with Crippen molar-refractivity contribution in [1.29, 1.82) is 0 Å². The molecule has 1 atom stereocenters. The molecule has 0 radical (unpaired) electrons. The fourth-order valence-corrected chi connectivity index (χ4v) is 2.36. The van der Waals surface area contributed by atoms with E-state index in [0.717, 1.165) is 18.2 Å². The molecule has 2 rings (SSSR count). The van der Waals surface area contributed by atoms with Gasteiger partial charge in [-0.25, -0.2) is 4.39 Å². The number of hydrogen-bond acceptors (Lipinski definition) is 4. The SMILES string of the molecule is CC(C(=O)O)C1CN(Cc2cc(F)ccc2[N+](=O)[O-])C1. The molecule has 0 spiro atoms. The molecule has 6 nitrogen and oxygen atoms in total. The molecule has 1 saturated heterocycles. The number of halogens is 1. The second-order valence-electron chi connectivity index (χ2n) is 5.11. The van der Waals surface area contributed by atoms with Crippen LogP contribution in [-0.2, 0) is 11.3 Å². The molecule has 1 N–H and O–H groups in total. The van der Waals surface area contributed by atoms with Crippen molar-refractivity contribution in [3.05, 3.63) is 39.7 Å². The topological polar surface area (TPSA) is 83.7 Å². The smallest absolute Gasteiger partial charge is 0.306 e. The van der Waals surface area contributed by atoms with Gasteiger partial charge in [0.25, 0.3) is 5.69 Å². The summed E-state index contributed by atoms with van der Waals surface area (Å²) in [7, 11) is 0.